The number of amides is 2. The molecule has 0 atom stereocenters. The Bertz CT molecular complexity index is 314. The number of benzene rings is 1. The van der Waals surface area contributed by atoms with Crippen LogP contribution in [0.15, 0.2) is 30.3 Å². The van der Waals surface area contributed by atoms with E-state index in [1.165, 1.54) is 0 Å². The van der Waals surface area contributed by atoms with E-state index in [-0.39, 0.29) is 6.03 Å². The van der Waals surface area contributed by atoms with Gasteiger partial charge in [-0.25, -0.2) is 4.79 Å². The van der Waals surface area contributed by atoms with E-state index in [1.807, 2.05) is 30.3 Å². The van der Waals surface area contributed by atoms with Gasteiger partial charge >= 0.3 is 6.03 Å². The second-order valence-corrected chi connectivity index (χ2v) is 3.95. The fourth-order valence-electron chi connectivity index (χ4n) is 1.52. The third-order valence-corrected chi connectivity index (χ3v) is 2.45. The van der Waals surface area contributed by atoms with E-state index in [4.69, 9.17) is 5.73 Å². The van der Waals surface area contributed by atoms with Crippen LogP contribution < -0.4 is 16.4 Å². The highest BCUT2D eigenvalue weighted by atomic mass is 16.2. The average Bonchev–Trinajstić information content (AvgIpc) is 2.35. The number of nitrogens with one attached hydrogen (secondary N) is 2. The summed E-state index contributed by atoms with van der Waals surface area (Å²) < 4.78 is 0. The maximum atomic E-state index is 11.5. The van der Waals surface area contributed by atoms with Crippen molar-refractivity contribution in [1.82, 2.24) is 5.32 Å². The Hall–Kier alpha value is -1.55. The normalized spacial score (nSPS) is 9.94. The molecule has 0 aliphatic carbocycles. The predicted molar refractivity (Wildman–Crippen MR) is 71.0 cm³/mol. The lowest BCUT2D eigenvalue weighted by atomic mass is 10.2. The molecule has 1 aromatic rings. The first-order valence-corrected chi connectivity index (χ1v) is 6.13. The Kier molecular flexibility index (Phi) is 6.82. The van der Waals surface area contributed by atoms with E-state index < -0.39 is 0 Å². The zero-order valence-electron chi connectivity index (χ0n) is 10.1. The number of urea groups is 1. The maximum Gasteiger partial charge on any atom is 0.319 e. The highest BCUT2D eigenvalue weighted by molar-refractivity contribution is 5.89. The Labute approximate surface area is 103 Å². The molecule has 94 valence electrons. The van der Waals surface area contributed by atoms with Crippen LogP contribution in [0.4, 0.5) is 10.5 Å². The number of anilines is 1. The van der Waals surface area contributed by atoms with Gasteiger partial charge in [-0.1, -0.05) is 31.0 Å². The van der Waals surface area contributed by atoms with Crippen LogP contribution in [-0.2, 0) is 0 Å². The summed E-state index contributed by atoms with van der Waals surface area (Å²) in [5.74, 6) is 0. The van der Waals surface area contributed by atoms with Gasteiger partial charge in [-0.05, 0) is 31.5 Å². The molecule has 0 heterocycles. The van der Waals surface area contributed by atoms with Gasteiger partial charge in [-0.15, -0.1) is 0 Å². The first-order chi connectivity index (χ1) is 8.33. The lowest BCUT2D eigenvalue weighted by Crippen LogP contribution is -2.29. The molecule has 0 saturated carbocycles. The molecule has 1 aromatic carbocycles. The Morgan fingerprint density at radius 2 is 1.76 bits per heavy atom. The van der Waals surface area contributed by atoms with E-state index >= 15 is 0 Å². The van der Waals surface area contributed by atoms with Crippen LogP contribution in [0, 0.1) is 0 Å². The number of carbonyl (C=O) groups excluding carboxylic acids is 1. The van der Waals surface area contributed by atoms with Gasteiger partial charge in [-0.3, -0.25) is 0 Å². The molecule has 4 N–H and O–H groups in total. The summed E-state index contributed by atoms with van der Waals surface area (Å²) in [6.07, 6.45) is 4.32. The molecular weight excluding hydrogens is 214 g/mol. The first-order valence-electron chi connectivity index (χ1n) is 6.13. The molecule has 4 heteroatoms. The van der Waals surface area contributed by atoms with Gasteiger partial charge in [0.25, 0.3) is 0 Å². The highest BCUT2D eigenvalue weighted by Crippen LogP contribution is 2.04. The zero-order chi connectivity index (χ0) is 12.3. The quantitative estimate of drug-likeness (QED) is 0.635. The van der Waals surface area contributed by atoms with Gasteiger partial charge in [0.15, 0.2) is 0 Å². The van der Waals surface area contributed by atoms with Crippen LogP contribution in [-0.4, -0.2) is 19.1 Å². The van der Waals surface area contributed by atoms with Crippen LogP contribution in [0.2, 0.25) is 0 Å². The highest BCUT2D eigenvalue weighted by Gasteiger charge is 1.99. The van der Waals surface area contributed by atoms with Crippen molar-refractivity contribution >= 4 is 11.7 Å². The minimum absolute atomic E-state index is 0.143. The van der Waals surface area contributed by atoms with Crippen LogP contribution in [0.5, 0.6) is 0 Å². The summed E-state index contributed by atoms with van der Waals surface area (Å²) in [5.41, 5.74) is 6.21. The zero-order valence-corrected chi connectivity index (χ0v) is 10.1. The topological polar surface area (TPSA) is 67.1 Å². The van der Waals surface area contributed by atoms with Crippen molar-refractivity contribution in [2.75, 3.05) is 18.4 Å². The minimum Gasteiger partial charge on any atom is -0.338 e. The molecular formula is C13H21N3O. The molecule has 2 amide bonds. The molecule has 1 rings (SSSR count). The molecule has 17 heavy (non-hydrogen) atoms. The summed E-state index contributed by atoms with van der Waals surface area (Å²) >= 11 is 0. The minimum atomic E-state index is -0.143. The average molecular weight is 235 g/mol. The molecule has 0 spiro atoms. The lowest BCUT2D eigenvalue weighted by Gasteiger charge is -2.07. The van der Waals surface area contributed by atoms with Gasteiger partial charge in [-0.2, -0.15) is 0 Å². The van der Waals surface area contributed by atoms with E-state index in [0.717, 1.165) is 37.9 Å². The van der Waals surface area contributed by atoms with Crippen LogP contribution in [0.25, 0.3) is 0 Å². The molecule has 0 aliphatic heterocycles. The molecule has 0 radical (unpaired) electrons. The van der Waals surface area contributed by atoms with E-state index in [9.17, 15) is 4.79 Å². The third-order valence-electron chi connectivity index (χ3n) is 2.45. The predicted octanol–water partition coefficient (Wildman–Crippen LogP) is 2.33. The van der Waals surface area contributed by atoms with Crippen molar-refractivity contribution in [3.05, 3.63) is 30.3 Å². The molecule has 0 saturated heterocycles. The molecule has 0 aliphatic rings. The summed E-state index contributed by atoms with van der Waals surface area (Å²) in [6.45, 7) is 1.46. The van der Waals surface area contributed by atoms with Crippen LogP contribution >= 0.6 is 0 Å². The first kappa shape index (κ1) is 13.5. The summed E-state index contributed by atoms with van der Waals surface area (Å²) in [5, 5.41) is 5.60. The Morgan fingerprint density at radius 1 is 1.06 bits per heavy atom. The molecule has 0 unspecified atom stereocenters. The van der Waals surface area contributed by atoms with Crippen LogP contribution in [0.1, 0.15) is 25.7 Å². The van der Waals surface area contributed by atoms with Crippen molar-refractivity contribution in [3.8, 4) is 0 Å². The number of nitrogens with two attached hydrogens (primary N) is 1. The maximum absolute atomic E-state index is 11.5. The standard InChI is InChI=1S/C13H21N3O/c14-10-6-1-2-7-11-15-13(17)16-12-8-4-3-5-9-12/h3-5,8-9H,1-2,6-7,10-11,14H2,(H2,15,16,17). The van der Waals surface area contributed by atoms with Gasteiger partial charge in [0.05, 0.1) is 0 Å². The van der Waals surface area contributed by atoms with Crippen molar-refractivity contribution in [1.29, 1.82) is 0 Å². The number of hydrogen-bond acceptors (Lipinski definition) is 2. The number of carbonyl (C=O) groups is 1. The number of unbranched alkanes of at least 4 members (excludes halogenated alkanes) is 3. The summed E-state index contributed by atoms with van der Waals surface area (Å²) in [7, 11) is 0. The largest absolute Gasteiger partial charge is 0.338 e. The second-order valence-electron chi connectivity index (χ2n) is 3.95. The Balaban J connectivity index is 2.06. The molecule has 4 nitrogen and oxygen atoms in total. The Morgan fingerprint density at radius 3 is 2.47 bits per heavy atom. The van der Waals surface area contributed by atoms with E-state index in [1.54, 1.807) is 0 Å². The fourth-order valence-corrected chi connectivity index (χ4v) is 1.52. The summed E-state index contributed by atoms with van der Waals surface area (Å²) in [4.78, 5) is 11.5. The number of para-hydroxylation sites is 1. The van der Waals surface area contributed by atoms with Crippen molar-refractivity contribution in [2.24, 2.45) is 5.73 Å². The lowest BCUT2D eigenvalue weighted by molar-refractivity contribution is 0.252. The third kappa shape index (κ3) is 6.58. The van der Waals surface area contributed by atoms with Crippen molar-refractivity contribution < 1.29 is 4.79 Å². The van der Waals surface area contributed by atoms with Gasteiger partial charge in [0, 0.05) is 12.2 Å². The number of hydrogen-bond donors (Lipinski definition) is 3. The van der Waals surface area contributed by atoms with Crippen molar-refractivity contribution in [2.45, 2.75) is 25.7 Å². The molecule has 0 fully saturated rings. The fraction of sp³-hybridized carbons (Fsp3) is 0.462. The SMILES string of the molecule is NCCCCCCNC(=O)Nc1ccccc1. The van der Waals surface area contributed by atoms with Gasteiger partial charge in [0.2, 0.25) is 0 Å². The smallest absolute Gasteiger partial charge is 0.319 e. The monoisotopic (exact) mass is 235 g/mol. The van der Waals surface area contributed by atoms with Gasteiger partial charge in [0.1, 0.15) is 0 Å². The second kappa shape index (κ2) is 8.58. The van der Waals surface area contributed by atoms with E-state index in [0.29, 0.717) is 6.54 Å². The summed E-state index contributed by atoms with van der Waals surface area (Å²) in [6, 6.07) is 9.28. The van der Waals surface area contributed by atoms with Gasteiger partial charge < -0.3 is 16.4 Å². The number of rotatable bonds is 7. The van der Waals surface area contributed by atoms with Crippen molar-refractivity contribution in [3.63, 3.8) is 0 Å². The van der Waals surface area contributed by atoms with Crippen LogP contribution in [0.3, 0.4) is 0 Å². The van der Waals surface area contributed by atoms with E-state index in [2.05, 4.69) is 10.6 Å². The molecule has 0 bridgehead atoms. The molecule has 0 aromatic heterocycles.